The van der Waals surface area contributed by atoms with E-state index in [1.165, 1.54) is 18.5 Å². The largest absolute Gasteiger partial charge is 0.354 e. The summed E-state index contributed by atoms with van der Waals surface area (Å²) in [5.41, 5.74) is 3.28. The smallest absolute Gasteiger partial charge is 0.139 e. The molecule has 0 bridgehead atoms. The number of hydrogen-bond acceptors (Lipinski definition) is 3. The standard InChI is InChI=1S/C15H17N5/c1-20(9-12-8-13(19-18-12)10-2-3-10)14-5-4-11-6-7-16-15(11)17-14/h4-8,10H,2-3,9H2,1H3,(H,16,17)(H,18,19). The van der Waals surface area contributed by atoms with Crippen LogP contribution in [0.1, 0.15) is 30.1 Å². The maximum Gasteiger partial charge on any atom is 0.139 e. The average molecular weight is 267 g/mol. The van der Waals surface area contributed by atoms with Crippen LogP contribution < -0.4 is 4.90 Å². The molecule has 4 rings (SSSR count). The van der Waals surface area contributed by atoms with Gasteiger partial charge in [-0.25, -0.2) is 4.98 Å². The van der Waals surface area contributed by atoms with E-state index in [0.717, 1.165) is 29.1 Å². The van der Waals surface area contributed by atoms with Crippen molar-refractivity contribution >= 4 is 16.9 Å². The minimum absolute atomic E-state index is 0.693. The quantitative estimate of drug-likeness (QED) is 0.764. The Balaban J connectivity index is 1.54. The van der Waals surface area contributed by atoms with Gasteiger partial charge in [0.2, 0.25) is 0 Å². The monoisotopic (exact) mass is 267 g/mol. The molecule has 1 aliphatic carbocycles. The van der Waals surface area contributed by atoms with Crippen LogP contribution >= 0.6 is 0 Å². The van der Waals surface area contributed by atoms with Crippen LogP contribution in [0.5, 0.6) is 0 Å². The summed E-state index contributed by atoms with van der Waals surface area (Å²) in [6, 6.07) is 8.35. The molecule has 0 amide bonds. The highest BCUT2D eigenvalue weighted by Gasteiger charge is 2.26. The van der Waals surface area contributed by atoms with Crippen molar-refractivity contribution in [2.45, 2.75) is 25.3 Å². The van der Waals surface area contributed by atoms with Crippen molar-refractivity contribution in [3.8, 4) is 0 Å². The van der Waals surface area contributed by atoms with Gasteiger partial charge in [0.05, 0.1) is 17.9 Å². The molecule has 0 atom stereocenters. The van der Waals surface area contributed by atoms with Crippen molar-refractivity contribution < 1.29 is 0 Å². The van der Waals surface area contributed by atoms with E-state index in [1.54, 1.807) is 0 Å². The van der Waals surface area contributed by atoms with E-state index in [9.17, 15) is 0 Å². The predicted octanol–water partition coefficient (Wildman–Crippen LogP) is 2.80. The Morgan fingerprint density at radius 1 is 1.30 bits per heavy atom. The number of aromatic amines is 2. The van der Waals surface area contributed by atoms with E-state index in [1.807, 2.05) is 18.3 Å². The number of aromatic nitrogens is 4. The molecule has 20 heavy (non-hydrogen) atoms. The molecule has 102 valence electrons. The molecule has 0 unspecified atom stereocenters. The second kappa shape index (κ2) is 4.37. The van der Waals surface area contributed by atoms with Crippen molar-refractivity contribution in [3.05, 3.63) is 41.9 Å². The molecule has 0 aliphatic heterocycles. The van der Waals surface area contributed by atoms with Crippen molar-refractivity contribution in [1.29, 1.82) is 0 Å². The third-order valence-electron chi connectivity index (χ3n) is 3.84. The van der Waals surface area contributed by atoms with Gasteiger partial charge in [0, 0.05) is 24.5 Å². The van der Waals surface area contributed by atoms with Crippen molar-refractivity contribution in [3.63, 3.8) is 0 Å². The van der Waals surface area contributed by atoms with Gasteiger partial charge in [0.25, 0.3) is 0 Å². The summed E-state index contributed by atoms with van der Waals surface area (Å²) in [4.78, 5) is 9.90. The molecular formula is C15H17N5. The molecule has 0 aromatic carbocycles. The van der Waals surface area contributed by atoms with Gasteiger partial charge in [-0.3, -0.25) is 5.10 Å². The molecule has 3 aromatic rings. The first-order valence-electron chi connectivity index (χ1n) is 6.99. The number of pyridine rings is 1. The maximum absolute atomic E-state index is 4.62. The zero-order valence-corrected chi connectivity index (χ0v) is 11.4. The third-order valence-corrected chi connectivity index (χ3v) is 3.84. The van der Waals surface area contributed by atoms with E-state index < -0.39 is 0 Å². The Morgan fingerprint density at radius 3 is 3.05 bits per heavy atom. The summed E-state index contributed by atoms with van der Waals surface area (Å²) in [5.74, 6) is 1.65. The number of hydrogen-bond donors (Lipinski definition) is 2. The van der Waals surface area contributed by atoms with Crippen LogP contribution in [0.15, 0.2) is 30.5 Å². The predicted molar refractivity (Wildman–Crippen MR) is 78.8 cm³/mol. The number of fused-ring (bicyclic) bond motifs is 1. The van der Waals surface area contributed by atoms with Crippen molar-refractivity contribution in [2.75, 3.05) is 11.9 Å². The van der Waals surface area contributed by atoms with E-state index in [-0.39, 0.29) is 0 Å². The second-order valence-corrected chi connectivity index (χ2v) is 5.53. The lowest BCUT2D eigenvalue weighted by Gasteiger charge is -2.16. The summed E-state index contributed by atoms with van der Waals surface area (Å²) in [6.07, 6.45) is 4.48. The number of rotatable bonds is 4. The maximum atomic E-state index is 4.62. The first-order valence-corrected chi connectivity index (χ1v) is 6.99. The number of anilines is 1. The lowest BCUT2D eigenvalue weighted by molar-refractivity contribution is 0.851. The van der Waals surface area contributed by atoms with E-state index in [0.29, 0.717) is 5.92 Å². The summed E-state index contributed by atoms with van der Waals surface area (Å²) in [6.45, 7) is 0.791. The van der Waals surface area contributed by atoms with E-state index in [2.05, 4.69) is 44.2 Å². The molecule has 0 spiro atoms. The Labute approximate surface area is 117 Å². The molecule has 1 aliphatic rings. The third kappa shape index (κ3) is 2.05. The highest BCUT2D eigenvalue weighted by Crippen LogP contribution is 2.39. The van der Waals surface area contributed by atoms with E-state index in [4.69, 9.17) is 0 Å². The molecule has 5 nitrogen and oxygen atoms in total. The van der Waals surface area contributed by atoms with Crippen LogP contribution in [-0.2, 0) is 6.54 Å². The van der Waals surface area contributed by atoms with Crippen LogP contribution in [0.2, 0.25) is 0 Å². The molecule has 5 heteroatoms. The Morgan fingerprint density at radius 2 is 2.20 bits per heavy atom. The van der Waals surface area contributed by atoms with Crippen LogP contribution in [0, 0.1) is 0 Å². The molecular weight excluding hydrogens is 250 g/mol. The molecule has 1 saturated carbocycles. The average Bonchev–Trinajstić information content (AvgIpc) is 3.02. The number of H-pyrrole nitrogens is 2. The fraction of sp³-hybridized carbons (Fsp3) is 0.333. The van der Waals surface area contributed by atoms with Crippen LogP contribution in [-0.4, -0.2) is 27.2 Å². The second-order valence-electron chi connectivity index (χ2n) is 5.53. The number of nitrogens with zero attached hydrogens (tertiary/aromatic N) is 3. The summed E-state index contributed by atoms with van der Waals surface area (Å²) in [7, 11) is 2.05. The fourth-order valence-corrected chi connectivity index (χ4v) is 2.52. The summed E-state index contributed by atoms with van der Waals surface area (Å²) >= 11 is 0. The van der Waals surface area contributed by atoms with Crippen LogP contribution in [0.3, 0.4) is 0 Å². The van der Waals surface area contributed by atoms with Crippen LogP contribution in [0.4, 0.5) is 5.82 Å². The highest BCUT2D eigenvalue weighted by molar-refractivity contribution is 5.77. The molecule has 0 saturated heterocycles. The van der Waals surface area contributed by atoms with Crippen molar-refractivity contribution in [1.82, 2.24) is 20.2 Å². The first kappa shape index (κ1) is 11.5. The zero-order valence-electron chi connectivity index (χ0n) is 11.4. The summed E-state index contributed by atoms with van der Waals surface area (Å²) < 4.78 is 0. The minimum Gasteiger partial charge on any atom is -0.354 e. The Bertz CT molecular complexity index is 737. The van der Waals surface area contributed by atoms with Gasteiger partial charge < -0.3 is 9.88 Å². The van der Waals surface area contributed by atoms with Gasteiger partial charge in [-0.15, -0.1) is 0 Å². The fourth-order valence-electron chi connectivity index (χ4n) is 2.52. The Kier molecular flexibility index (Phi) is 2.52. The van der Waals surface area contributed by atoms with Gasteiger partial charge in [0.15, 0.2) is 0 Å². The summed E-state index contributed by atoms with van der Waals surface area (Å²) in [5, 5.41) is 8.66. The lowest BCUT2D eigenvalue weighted by Crippen LogP contribution is -2.17. The molecule has 3 aromatic heterocycles. The van der Waals surface area contributed by atoms with Crippen molar-refractivity contribution in [2.24, 2.45) is 0 Å². The van der Waals surface area contributed by atoms with Crippen LogP contribution in [0.25, 0.3) is 11.0 Å². The molecule has 3 heterocycles. The Hall–Kier alpha value is -2.30. The first-order chi connectivity index (χ1) is 9.79. The normalized spacial score (nSPS) is 14.8. The van der Waals surface area contributed by atoms with Gasteiger partial charge in [-0.1, -0.05) is 0 Å². The SMILES string of the molecule is CN(Cc1cc(C2CC2)n[nH]1)c1ccc2cc[nH]c2n1. The van der Waals surface area contributed by atoms with Gasteiger partial charge in [-0.2, -0.15) is 5.10 Å². The lowest BCUT2D eigenvalue weighted by atomic mass is 10.2. The van der Waals surface area contributed by atoms with E-state index >= 15 is 0 Å². The molecule has 2 N–H and O–H groups in total. The van der Waals surface area contributed by atoms with Gasteiger partial charge >= 0.3 is 0 Å². The zero-order chi connectivity index (χ0) is 13.5. The number of nitrogens with one attached hydrogen (secondary N) is 2. The molecule has 1 fully saturated rings. The minimum atomic E-state index is 0.693. The van der Waals surface area contributed by atoms with Gasteiger partial charge in [0.1, 0.15) is 11.5 Å². The molecule has 0 radical (unpaired) electrons. The topological polar surface area (TPSA) is 60.6 Å². The van der Waals surface area contributed by atoms with Gasteiger partial charge in [-0.05, 0) is 37.1 Å². The highest BCUT2D eigenvalue weighted by atomic mass is 15.2.